The van der Waals surface area contributed by atoms with Gasteiger partial charge in [0.25, 0.3) is 0 Å². The topological polar surface area (TPSA) is 21.7 Å². The summed E-state index contributed by atoms with van der Waals surface area (Å²) in [6.07, 6.45) is 5.02. The van der Waals surface area contributed by atoms with E-state index < -0.39 is 0 Å². The quantitative estimate of drug-likeness (QED) is 0.830. The average Bonchev–Trinajstić information content (AvgIpc) is 2.88. The maximum Gasteiger partial charge on any atom is 0.168 e. The zero-order valence-electron chi connectivity index (χ0n) is 12.7. The van der Waals surface area contributed by atoms with Gasteiger partial charge >= 0.3 is 0 Å². The molecule has 2 saturated heterocycles. The van der Waals surface area contributed by atoms with Crippen LogP contribution in [0.5, 0.6) is 0 Å². The molecule has 0 unspecified atom stereocenters. The molecule has 3 aliphatic rings. The molecule has 3 nitrogen and oxygen atoms in total. The summed E-state index contributed by atoms with van der Waals surface area (Å²) in [4.78, 5) is 2.52. The Morgan fingerprint density at radius 3 is 2.23 bits per heavy atom. The minimum atomic E-state index is -0.359. The highest BCUT2D eigenvalue weighted by atomic mass is 35.5. The maximum absolute atomic E-state index is 13.7. The average molecular weight is 328 g/mol. The fourth-order valence-electron chi connectivity index (χ4n) is 4.14. The van der Waals surface area contributed by atoms with Crippen LogP contribution < -0.4 is 0 Å². The van der Waals surface area contributed by atoms with Gasteiger partial charge in [0.15, 0.2) is 5.79 Å². The van der Waals surface area contributed by atoms with E-state index in [-0.39, 0.29) is 29.6 Å². The second kappa shape index (κ2) is 6.08. The summed E-state index contributed by atoms with van der Waals surface area (Å²) in [6.45, 7) is 3.64. The van der Waals surface area contributed by atoms with Crippen molar-refractivity contribution >= 4 is 12.4 Å². The summed E-state index contributed by atoms with van der Waals surface area (Å²) in [5.74, 6) is -0.497. The van der Waals surface area contributed by atoms with Crippen LogP contribution in [0.1, 0.15) is 37.7 Å². The molecule has 2 heterocycles. The third kappa shape index (κ3) is 2.56. The highest BCUT2D eigenvalue weighted by Crippen LogP contribution is 2.49. The van der Waals surface area contributed by atoms with E-state index in [1.54, 1.807) is 6.07 Å². The Labute approximate surface area is 137 Å². The standard InChI is InChI=1S/C17H22FNO2.ClH/c18-15-4-1-3-14(13-15)16(19-9-2-10-19)5-7-17(8-6-16)20-11-12-21-17;/h1,3-4,13H,2,5-12H2;1H. The molecule has 3 fully saturated rings. The van der Waals surface area contributed by atoms with Gasteiger partial charge in [-0.05, 0) is 37.0 Å². The van der Waals surface area contributed by atoms with E-state index in [1.807, 2.05) is 6.07 Å². The van der Waals surface area contributed by atoms with Crippen molar-refractivity contribution in [3.8, 4) is 0 Å². The molecular formula is C17H23ClFNO2. The van der Waals surface area contributed by atoms with Crippen LogP contribution in [0, 0.1) is 5.82 Å². The van der Waals surface area contributed by atoms with E-state index in [9.17, 15) is 4.39 Å². The summed E-state index contributed by atoms with van der Waals surface area (Å²) in [6, 6.07) is 7.16. The highest BCUT2D eigenvalue weighted by Gasteiger charge is 2.50. The Balaban J connectivity index is 0.00000144. The van der Waals surface area contributed by atoms with Gasteiger partial charge in [0.1, 0.15) is 5.82 Å². The van der Waals surface area contributed by atoms with Gasteiger partial charge < -0.3 is 9.47 Å². The van der Waals surface area contributed by atoms with Crippen molar-refractivity contribution < 1.29 is 13.9 Å². The first-order chi connectivity index (χ1) is 10.2. The fraction of sp³-hybridized carbons (Fsp3) is 0.647. The lowest BCUT2D eigenvalue weighted by atomic mass is 9.72. The van der Waals surface area contributed by atoms with E-state index in [0.29, 0.717) is 13.2 Å². The van der Waals surface area contributed by atoms with Gasteiger partial charge in [0.05, 0.1) is 13.2 Å². The Morgan fingerprint density at radius 2 is 1.68 bits per heavy atom. The molecule has 1 aliphatic carbocycles. The van der Waals surface area contributed by atoms with Crippen molar-refractivity contribution in [1.29, 1.82) is 0 Å². The number of hydrogen-bond acceptors (Lipinski definition) is 3. The van der Waals surface area contributed by atoms with Crippen LogP contribution in [0.3, 0.4) is 0 Å². The van der Waals surface area contributed by atoms with Crippen molar-refractivity contribution in [2.75, 3.05) is 26.3 Å². The van der Waals surface area contributed by atoms with Crippen molar-refractivity contribution in [3.05, 3.63) is 35.6 Å². The summed E-state index contributed by atoms with van der Waals surface area (Å²) in [5, 5.41) is 0. The molecule has 5 heteroatoms. The van der Waals surface area contributed by atoms with Crippen molar-refractivity contribution in [2.45, 2.75) is 43.4 Å². The first-order valence-corrected chi connectivity index (χ1v) is 8.02. The van der Waals surface area contributed by atoms with Crippen LogP contribution in [0.4, 0.5) is 4.39 Å². The number of hydrogen-bond donors (Lipinski definition) is 0. The first-order valence-electron chi connectivity index (χ1n) is 8.02. The number of nitrogens with zero attached hydrogens (tertiary/aromatic N) is 1. The molecular weight excluding hydrogens is 305 g/mol. The summed E-state index contributed by atoms with van der Waals surface area (Å²) < 4.78 is 25.4. The van der Waals surface area contributed by atoms with Gasteiger partial charge in [0, 0.05) is 31.5 Å². The Hall–Kier alpha value is -0.680. The van der Waals surface area contributed by atoms with Crippen LogP contribution in [0.25, 0.3) is 0 Å². The van der Waals surface area contributed by atoms with E-state index in [4.69, 9.17) is 9.47 Å². The third-order valence-electron chi connectivity index (χ3n) is 5.48. The first kappa shape index (κ1) is 16.2. The van der Waals surface area contributed by atoms with E-state index in [1.165, 1.54) is 12.5 Å². The van der Waals surface area contributed by atoms with Crippen LogP contribution >= 0.6 is 12.4 Å². The van der Waals surface area contributed by atoms with Crippen LogP contribution in [0.15, 0.2) is 24.3 Å². The molecule has 1 saturated carbocycles. The smallest absolute Gasteiger partial charge is 0.168 e. The molecule has 4 rings (SSSR count). The minimum Gasteiger partial charge on any atom is -0.348 e. The zero-order chi connectivity index (χ0) is 14.3. The van der Waals surface area contributed by atoms with E-state index in [0.717, 1.165) is 44.3 Å². The molecule has 1 spiro atoms. The van der Waals surface area contributed by atoms with Crippen LogP contribution in [-0.2, 0) is 15.0 Å². The lowest BCUT2D eigenvalue weighted by Gasteiger charge is -2.53. The molecule has 0 radical (unpaired) electrons. The molecule has 0 bridgehead atoms. The third-order valence-corrected chi connectivity index (χ3v) is 5.48. The molecule has 0 aromatic heterocycles. The number of likely N-dealkylation sites (tertiary alicyclic amines) is 1. The van der Waals surface area contributed by atoms with E-state index in [2.05, 4.69) is 11.0 Å². The number of rotatable bonds is 2. The SMILES string of the molecule is Cl.Fc1cccc(C2(N3CCC3)CCC3(CC2)OCCO3)c1. The van der Waals surface area contributed by atoms with Crippen LogP contribution in [-0.4, -0.2) is 37.0 Å². The molecule has 2 aliphatic heterocycles. The molecule has 22 heavy (non-hydrogen) atoms. The Morgan fingerprint density at radius 1 is 1.00 bits per heavy atom. The Kier molecular flexibility index (Phi) is 4.47. The number of benzene rings is 1. The fourth-order valence-corrected chi connectivity index (χ4v) is 4.14. The van der Waals surface area contributed by atoms with Gasteiger partial charge in [-0.2, -0.15) is 0 Å². The number of halogens is 2. The van der Waals surface area contributed by atoms with Gasteiger partial charge in [-0.15, -0.1) is 12.4 Å². The molecule has 0 N–H and O–H groups in total. The van der Waals surface area contributed by atoms with Gasteiger partial charge in [-0.1, -0.05) is 12.1 Å². The lowest BCUT2D eigenvalue weighted by Crippen LogP contribution is -2.56. The van der Waals surface area contributed by atoms with Gasteiger partial charge in [-0.25, -0.2) is 4.39 Å². The summed E-state index contributed by atoms with van der Waals surface area (Å²) in [7, 11) is 0. The normalized spacial score (nSPS) is 26.4. The maximum atomic E-state index is 13.7. The molecule has 1 aromatic rings. The van der Waals surface area contributed by atoms with E-state index >= 15 is 0 Å². The van der Waals surface area contributed by atoms with Gasteiger partial charge in [0.2, 0.25) is 0 Å². The molecule has 0 amide bonds. The number of ether oxygens (including phenoxy) is 2. The predicted molar refractivity (Wildman–Crippen MR) is 84.6 cm³/mol. The van der Waals surface area contributed by atoms with Crippen LogP contribution in [0.2, 0.25) is 0 Å². The van der Waals surface area contributed by atoms with Crippen molar-refractivity contribution in [1.82, 2.24) is 4.90 Å². The van der Waals surface area contributed by atoms with Crippen molar-refractivity contribution in [2.24, 2.45) is 0 Å². The van der Waals surface area contributed by atoms with Gasteiger partial charge in [-0.3, -0.25) is 4.90 Å². The second-order valence-corrected chi connectivity index (χ2v) is 6.49. The second-order valence-electron chi connectivity index (χ2n) is 6.49. The molecule has 1 aromatic carbocycles. The zero-order valence-corrected chi connectivity index (χ0v) is 13.5. The Bertz CT molecular complexity index is 519. The summed E-state index contributed by atoms with van der Waals surface area (Å²) in [5.41, 5.74) is 1.09. The summed E-state index contributed by atoms with van der Waals surface area (Å²) >= 11 is 0. The minimum absolute atomic E-state index is 0. The molecule has 122 valence electrons. The lowest BCUT2D eigenvalue weighted by molar-refractivity contribution is -0.199. The monoisotopic (exact) mass is 327 g/mol. The highest BCUT2D eigenvalue weighted by molar-refractivity contribution is 5.85. The van der Waals surface area contributed by atoms with Crippen molar-refractivity contribution in [3.63, 3.8) is 0 Å². The largest absolute Gasteiger partial charge is 0.348 e. The predicted octanol–water partition coefficient (Wildman–Crippen LogP) is 3.47. The molecule has 0 atom stereocenters.